The topological polar surface area (TPSA) is 42.7 Å². The first-order valence-electron chi connectivity index (χ1n) is 6.01. The summed E-state index contributed by atoms with van der Waals surface area (Å²) in [5.74, 6) is 1.89. The highest BCUT2D eigenvalue weighted by Gasteiger charge is 2.19. The first-order chi connectivity index (χ1) is 8.33. The average molecular weight is 228 g/mol. The second-order valence-corrected chi connectivity index (χ2v) is 4.52. The second-order valence-electron chi connectivity index (χ2n) is 4.52. The van der Waals surface area contributed by atoms with Gasteiger partial charge in [0, 0.05) is 31.2 Å². The van der Waals surface area contributed by atoms with Gasteiger partial charge < -0.3 is 5.32 Å². The zero-order valence-electron chi connectivity index (χ0n) is 9.93. The summed E-state index contributed by atoms with van der Waals surface area (Å²) in [6.45, 7) is 2.89. The van der Waals surface area contributed by atoms with Gasteiger partial charge in [-0.25, -0.2) is 9.97 Å². The molecule has 0 atom stereocenters. The first kappa shape index (κ1) is 10.5. The molecule has 2 aromatic rings. The van der Waals surface area contributed by atoms with Gasteiger partial charge in [-0.05, 0) is 31.4 Å². The summed E-state index contributed by atoms with van der Waals surface area (Å²) in [5.41, 5.74) is 1.23. The van der Waals surface area contributed by atoms with Crippen LogP contribution in [-0.2, 0) is 6.54 Å². The van der Waals surface area contributed by atoms with Gasteiger partial charge >= 0.3 is 0 Å². The van der Waals surface area contributed by atoms with Crippen LogP contribution in [0.25, 0.3) is 5.82 Å². The van der Waals surface area contributed by atoms with Crippen LogP contribution >= 0.6 is 0 Å². The Balaban J connectivity index is 1.72. The molecule has 1 aliphatic rings. The van der Waals surface area contributed by atoms with Crippen LogP contribution in [0, 0.1) is 6.92 Å². The maximum Gasteiger partial charge on any atom is 0.137 e. The minimum absolute atomic E-state index is 0.741. The number of pyridine rings is 1. The summed E-state index contributed by atoms with van der Waals surface area (Å²) in [5, 5.41) is 3.48. The fourth-order valence-corrected chi connectivity index (χ4v) is 1.83. The molecule has 0 spiro atoms. The highest BCUT2D eigenvalue weighted by molar-refractivity contribution is 5.27. The van der Waals surface area contributed by atoms with Crippen molar-refractivity contribution in [1.82, 2.24) is 19.9 Å². The third-order valence-corrected chi connectivity index (χ3v) is 3.05. The Morgan fingerprint density at radius 1 is 1.35 bits per heavy atom. The normalized spacial score (nSPS) is 15.1. The third kappa shape index (κ3) is 2.36. The van der Waals surface area contributed by atoms with Gasteiger partial charge in [0.2, 0.25) is 0 Å². The molecular formula is C13H16N4. The second kappa shape index (κ2) is 4.30. The monoisotopic (exact) mass is 228 g/mol. The standard InChI is InChI=1S/C13H16N4/c1-10-14-6-7-17(10)13-5-2-11(9-16-13)8-15-12-3-4-12/h2,5-7,9,12,15H,3-4,8H2,1H3. The van der Waals surface area contributed by atoms with Gasteiger partial charge in [0.25, 0.3) is 0 Å². The Kier molecular flexibility index (Phi) is 2.65. The van der Waals surface area contributed by atoms with Crippen LogP contribution in [0.2, 0.25) is 0 Å². The summed E-state index contributed by atoms with van der Waals surface area (Å²) >= 11 is 0. The Labute approximate surface area is 101 Å². The average Bonchev–Trinajstić information content (AvgIpc) is 3.09. The van der Waals surface area contributed by atoms with Crippen LogP contribution in [0.3, 0.4) is 0 Å². The van der Waals surface area contributed by atoms with Crippen molar-refractivity contribution in [1.29, 1.82) is 0 Å². The van der Waals surface area contributed by atoms with E-state index in [0.717, 1.165) is 24.2 Å². The molecule has 0 radical (unpaired) electrons. The lowest BCUT2D eigenvalue weighted by Crippen LogP contribution is -2.15. The summed E-state index contributed by atoms with van der Waals surface area (Å²) in [4.78, 5) is 8.66. The Morgan fingerprint density at radius 2 is 2.24 bits per heavy atom. The van der Waals surface area contributed by atoms with Crippen LogP contribution in [-0.4, -0.2) is 20.6 Å². The van der Waals surface area contributed by atoms with Crippen molar-refractivity contribution in [3.8, 4) is 5.82 Å². The lowest BCUT2D eigenvalue weighted by Gasteiger charge is -2.06. The number of nitrogens with one attached hydrogen (secondary N) is 1. The van der Waals surface area contributed by atoms with Gasteiger partial charge in [-0.2, -0.15) is 0 Å². The highest BCUT2D eigenvalue weighted by Crippen LogP contribution is 2.19. The number of hydrogen-bond acceptors (Lipinski definition) is 3. The van der Waals surface area contributed by atoms with Crippen molar-refractivity contribution in [2.45, 2.75) is 32.4 Å². The van der Waals surface area contributed by atoms with Gasteiger partial charge in [0.15, 0.2) is 0 Å². The van der Waals surface area contributed by atoms with E-state index in [1.165, 1.54) is 18.4 Å². The van der Waals surface area contributed by atoms with Crippen LogP contribution in [0.15, 0.2) is 30.7 Å². The Bertz CT molecular complexity index is 496. The van der Waals surface area contributed by atoms with Gasteiger partial charge in [0.05, 0.1) is 0 Å². The van der Waals surface area contributed by atoms with Crippen LogP contribution in [0.4, 0.5) is 0 Å². The molecule has 0 unspecified atom stereocenters. The van der Waals surface area contributed by atoms with E-state index in [-0.39, 0.29) is 0 Å². The number of aryl methyl sites for hydroxylation is 1. The fraction of sp³-hybridized carbons (Fsp3) is 0.385. The van der Waals surface area contributed by atoms with E-state index in [9.17, 15) is 0 Å². The molecule has 1 saturated carbocycles. The molecular weight excluding hydrogens is 212 g/mol. The molecule has 2 heterocycles. The summed E-state index contributed by atoms with van der Waals surface area (Å²) < 4.78 is 1.98. The molecule has 0 amide bonds. The molecule has 3 rings (SSSR count). The van der Waals surface area contributed by atoms with Gasteiger partial charge in [-0.1, -0.05) is 6.07 Å². The third-order valence-electron chi connectivity index (χ3n) is 3.05. The van der Waals surface area contributed by atoms with E-state index in [4.69, 9.17) is 0 Å². The smallest absolute Gasteiger partial charge is 0.137 e. The minimum atomic E-state index is 0.741. The van der Waals surface area contributed by atoms with E-state index < -0.39 is 0 Å². The van der Waals surface area contributed by atoms with Crippen LogP contribution in [0.5, 0.6) is 0 Å². The van der Waals surface area contributed by atoms with E-state index >= 15 is 0 Å². The zero-order chi connectivity index (χ0) is 11.7. The van der Waals surface area contributed by atoms with E-state index in [1.807, 2.05) is 30.0 Å². The van der Waals surface area contributed by atoms with Gasteiger partial charge in [-0.15, -0.1) is 0 Å². The number of imidazole rings is 1. The molecule has 0 saturated heterocycles. The molecule has 1 aliphatic carbocycles. The van der Waals surface area contributed by atoms with Crippen molar-refractivity contribution in [2.24, 2.45) is 0 Å². The first-order valence-corrected chi connectivity index (χ1v) is 6.01. The number of aromatic nitrogens is 3. The quantitative estimate of drug-likeness (QED) is 0.868. The summed E-state index contributed by atoms with van der Waals surface area (Å²) in [6.07, 6.45) is 8.29. The predicted molar refractivity (Wildman–Crippen MR) is 66.0 cm³/mol. The zero-order valence-corrected chi connectivity index (χ0v) is 9.93. The minimum Gasteiger partial charge on any atom is -0.310 e. The predicted octanol–water partition coefficient (Wildman–Crippen LogP) is 1.83. The molecule has 1 N–H and O–H groups in total. The molecule has 0 aliphatic heterocycles. The molecule has 2 aromatic heterocycles. The van der Waals surface area contributed by atoms with Crippen molar-refractivity contribution in [3.05, 3.63) is 42.1 Å². The molecule has 4 nitrogen and oxygen atoms in total. The summed E-state index contributed by atoms with van der Waals surface area (Å²) in [6, 6.07) is 4.90. The fourth-order valence-electron chi connectivity index (χ4n) is 1.83. The molecule has 0 bridgehead atoms. The van der Waals surface area contributed by atoms with Crippen molar-refractivity contribution >= 4 is 0 Å². The van der Waals surface area contributed by atoms with E-state index in [0.29, 0.717) is 0 Å². The van der Waals surface area contributed by atoms with Crippen LogP contribution < -0.4 is 5.32 Å². The highest BCUT2D eigenvalue weighted by atomic mass is 15.1. The van der Waals surface area contributed by atoms with Crippen molar-refractivity contribution < 1.29 is 0 Å². The number of hydrogen-bond donors (Lipinski definition) is 1. The van der Waals surface area contributed by atoms with Gasteiger partial charge in [0.1, 0.15) is 11.6 Å². The molecule has 88 valence electrons. The Morgan fingerprint density at radius 3 is 2.82 bits per heavy atom. The maximum atomic E-state index is 4.46. The van der Waals surface area contributed by atoms with E-state index in [1.54, 1.807) is 6.20 Å². The SMILES string of the molecule is Cc1nccn1-c1ccc(CNC2CC2)cn1. The number of nitrogens with zero attached hydrogens (tertiary/aromatic N) is 3. The largest absolute Gasteiger partial charge is 0.310 e. The maximum absolute atomic E-state index is 4.46. The lowest BCUT2D eigenvalue weighted by atomic mass is 10.3. The van der Waals surface area contributed by atoms with Crippen LogP contribution in [0.1, 0.15) is 24.2 Å². The van der Waals surface area contributed by atoms with Crippen molar-refractivity contribution in [2.75, 3.05) is 0 Å². The van der Waals surface area contributed by atoms with Crippen molar-refractivity contribution in [3.63, 3.8) is 0 Å². The lowest BCUT2D eigenvalue weighted by molar-refractivity contribution is 0.685. The molecule has 1 fully saturated rings. The summed E-state index contributed by atoms with van der Waals surface area (Å²) in [7, 11) is 0. The molecule has 0 aromatic carbocycles. The van der Waals surface area contributed by atoms with Gasteiger partial charge in [-0.3, -0.25) is 4.57 Å². The van der Waals surface area contributed by atoms with E-state index in [2.05, 4.69) is 21.4 Å². The molecule has 4 heteroatoms. The number of rotatable bonds is 4. The Hall–Kier alpha value is -1.68. The molecule has 17 heavy (non-hydrogen) atoms.